The van der Waals surface area contributed by atoms with Gasteiger partial charge in [-0.2, -0.15) is 0 Å². The standard InChI is InChI=1S/C20H27N5O3/c1-14-15(2)22-19(28-5)18(21-14)23(3)20(26)25-11-9-24(10-12-25)16-7-6-8-17(13-16)27-4/h6-8,13H,9-12H2,1-5H3. The first-order valence-corrected chi connectivity index (χ1v) is 9.25. The second-order valence-corrected chi connectivity index (χ2v) is 6.74. The van der Waals surface area contributed by atoms with Gasteiger partial charge in [-0.25, -0.2) is 14.8 Å². The van der Waals surface area contributed by atoms with Crippen molar-refractivity contribution in [1.29, 1.82) is 0 Å². The van der Waals surface area contributed by atoms with E-state index in [1.54, 1.807) is 14.2 Å². The van der Waals surface area contributed by atoms with Gasteiger partial charge in [0.05, 0.1) is 25.6 Å². The smallest absolute Gasteiger partial charge is 0.325 e. The number of nitrogens with zero attached hydrogens (tertiary/aromatic N) is 5. The summed E-state index contributed by atoms with van der Waals surface area (Å²) >= 11 is 0. The molecule has 0 atom stereocenters. The van der Waals surface area contributed by atoms with Gasteiger partial charge in [-0.1, -0.05) is 6.07 Å². The first-order valence-electron chi connectivity index (χ1n) is 9.25. The Balaban J connectivity index is 1.69. The highest BCUT2D eigenvalue weighted by atomic mass is 16.5. The van der Waals surface area contributed by atoms with E-state index in [9.17, 15) is 4.79 Å². The van der Waals surface area contributed by atoms with Crippen molar-refractivity contribution in [3.05, 3.63) is 35.7 Å². The van der Waals surface area contributed by atoms with Crippen LogP contribution in [0.15, 0.2) is 24.3 Å². The quantitative estimate of drug-likeness (QED) is 0.805. The monoisotopic (exact) mass is 385 g/mol. The molecule has 2 amide bonds. The number of urea groups is 1. The molecule has 0 unspecified atom stereocenters. The molecule has 1 aliphatic heterocycles. The van der Waals surface area contributed by atoms with Crippen LogP contribution in [-0.2, 0) is 0 Å². The summed E-state index contributed by atoms with van der Waals surface area (Å²) in [6.07, 6.45) is 0. The number of aromatic nitrogens is 2. The third-order valence-electron chi connectivity index (χ3n) is 5.02. The van der Waals surface area contributed by atoms with E-state index < -0.39 is 0 Å². The number of benzene rings is 1. The van der Waals surface area contributed by atoms with Gasteiger partial charge in [0, 0.05) is 45.0 Å². The Kier molecular flexibility index (Phi) is 5.87. The van der Waals surface area contributed by atoms with Crippen molar-refractivity contribution < 1.29 is 14.3 Å². The van der Waals surface area contributed by atoms with Gasteiger partial charge in [0.15, 0.2) is 5.82 Å². The van der Waals surface area contributed by atoms with Crippen LogP contribution in [-0.4, -0.2) is 68.3 Å². The van der Waals surface area contributed by atoms with Crippen LogP contribution < -0.4 is 19.3 Å². The summed E-state index contributed by atoms with van der Waals surface area (Å²) in [6.45, 7) is 6.50. The van der Waals surface area contributed by atoms with Crippen molar-refractivity contribution in [2.45, 2.75) is 13.8 Å². The zero-order chi connectivity index (χ0) is 20.3. The van der Waals surface area contributed by atoms with E-state index in [-0.39, 0.29) is 6.03 Å². The lowest BCUT2D eigenvalue weighted by Crippen LogP contribution is -2.52. The highest BCUT2D eigenvalue weighted by Crippen LogP contribution is 2.26. The molecule has 1 saturated heterocycles. The summed E-state index contributed by atoms with van der Waals surface area (Å²) in [6, 6.07) is 7.86. The molecule has 0 aliphatic carbocycles. The van der Waals surface area contributed by atoms with Crippen molar-refractivity contribution in [2.75, 3.05) is 57.2 Å². The molecule has 0 spiro atoms. The Hall–Kier alpha value is -3.03. The lowest BCUT2D eigenvalue weighted by atomic mass is 10.2. The van der Waals surface area contributed by atoms with Crippen molar-refractivity contribution in [1.82, 2.24) is 14.9 Å². The number of hydrogen-bond acceptors (Lipinski definition) is 6. The first-order chi connectivity index (χ1) is 13.4. The van der Waals surface area contributed by atoms with Crippen LogP contribution in [0.4, 0.5) is 16.3 Å². The van der Waals surface area contributed by atoms with Gasteiger partial charge in [0.1, 0.15) is 5.75 Å². The maximum Gasteiger partial charge on any atom is 0.325 e. The summed E-state index contributed by atoms with van der Waals surface area (Å²) in [5.74, 6) is 1.62. The number of carbonyl (C=O) groups is 1. The van der Waals surface area contributed by atoms with Crippen molar-refractivity contribution >= 4 is 17.5 Å². The van der Waals surface area contributed by atoms with E-state index in [1.165, 1.54) is 12.0 Å². The lowest BCUT2D eigenvalue weighted by molar-refractivity contribution is 0.202. The number of aryl methyl sites for hydroxylation is 2. The zero-order valence-electron chi connectivity index (χ0n) is 17.1. The number of piperazine rings is 1. The highest BCUT2D eigenvalue weighted by Gasteiger charge is 2.27. The molecule has 0 N–H and O–H groups in total. The van der Waals surface area contributed by atoms with Crippen LogP contribution in [0.1, 0.15) is 11.4 Å². The Bertz CT molecular complexity index is 850. The fourth-order valence-electron chi connectivity index (χ4n) is 3.19. The van der Waals surface area contributed by atoms with Crippen molar-refractivity contribution in [2.24, 2.45) is 0 Å². The minimum Gasteiger partial charge on any atom is -0.497 e. The second kappa shape index (κ2) is 8.33. The molecule has 8 nitrogen and oxygen atoms in total. The van der Waals surface area contributed by atoms with Gasteiger partial charge in [0.2, 0.25) is 0 Å². The predicted octanol–water partition coefficient (Wildman–Crippen LogP) is 2.49. The van der Waals surface area contributed by atoms with E-state index in [0.717, 1.165) is 35.9 Å². The van der Waals surface area contributed by atoms with E-state index in [4.69, 9.17) is 9.47 Å². The Morgan fingerprint density at radius 2 is 1.71 bits per heavy atom. The van der Waals surface area contributed by atoms with E-state index >= 15 is 0 Å². The van der Waals surface area contributed by atoms with Gasteiger partial charge in [-0.05, 0) is 26.0 Å². The molecule has 0 saturated carbocycles. The van der Waals surface area contributed by atoms with Crippen molar-refractivity contribution in [3.8, 4) is 11.6 Å². The summed E-state index contributed by atoms with van der Waals surface area (Å²) in [5.41, 5.74) is 2.66. The van der Waals surface area contributed by atoms with Gasteiger partial charge in [-0.3, -0.25) is 4.90 Å². The van der Waals surface area contributed by atoms with E-state index in [2.05, 4.69) is 20.9 Å². The fraction of sp³-hybridized carbons (Fsp3) is 0.450. The molecule has 1 aromatic heterocycles. The van der Waals surface area contributed by atoms with Crippen molar-refractivity contribution in [3.63, 3.8) is 0 Å². The normalized spacial score (nSPS) is 14.0. The molecule has 28 heavy (non-hydrogen) atoms. The molecular formula is C20H27N5O3. The summed E-state index contributed by atoms with van der Waals surface area (Å²) in [5, 5.41) is 0. The van der Waals surface area contributed by atoms with E-state index in [1.807, 2.05) is 36.9 Å². The molecule has 1 aromatic carbocycles. The van der Waals surface area contributed by atoms with Crippen LogP contribution in [0.5, 0.6) is 11.6 Å². The molecular weight excluding hydrogens is 358 g/mol. The molecule has 2 heterocycles. The maximum absolute atomic E-state index is 13.0. The Labute approximate surface area is 165 Å². The number of hydrogen-bond donors (Lipinski definition) is 0. The van der Waals surface area contributed by atoms with Gasteiger partial charge in [-0.15, -0.1) is 0 Å². The number of carbonyl (C=O) groups excluding carboxylic acids is 1. The minimum atomic E-state index is -0.110. The minimum absolute atomic E-state index is 0.110. The van der Waals surface area contributed by atoms with Crippen LogP contribution in [0, 0.1) is 13.8 Å². The van der Waals surface area contributed by atoms with Gasteiger partial charge in [0.25, 0.3) is 5.88 Å². The largest absolute Gasteiger partial charge is 0.497 e. The molecule has 1 fully saturated rings. The Morgan fingerprint density at radius 1 is 1.04 bits per heavy atom. The Morgan fingerprint density at radius 3 is 2.36 bits per heavy atom. The molecule has 8 heteroatoms. The topological polar surface area (TPSA) is 71.0 Å². The molecule has 0 bridgehead atoms. The predicted molar refractivity (Wildman–Crippen MR) is 109 cm³/mol. The summed E-state index contributed by atoms with van der Waals surface area (Å²) in [4.78, 5) is 27.5. The number of ether oxygens (including phenoxy) is 2. The summed E-state index contributed by atoms with van der Waals surface area (Å²) < 4.78 is 10.6. The van der Waals surface area contributed by atoms with Crippen LogP contribution in [0.3, 0.4) is 0 Å². The highest BCUT2D eigenvalue weighted by molar-refractivity contribution is 5.91. The lowest BCUT2D eigenvalue weighted by Gasteiger charge is -2.37. The van der Waals surface area contributed by atoms with Gasteiger partial charge < -0.3 is 19.3 Å². The third-order valence-corrected chi connectivity index (χ3v) is 5.02. The molecule has 3 rings (SSSR count). The SMILES string of the molecule is COc1cccc(N2CCN(C(=O)N(C)c3nc(C)c(C)nc3OC)CC2)c1. The average molecular weight is 385 g/mol. The van der Waals surface area contributed by atoms with Crippen LogP contribution >= 0.6 is 0 Å². The zero-order valence-corrected chi connectivity index (χ0v) is 17.1. The molecule has 150 valence electrons. The van der Waals surface area contributed by atoms with Gasteiger partial charge >= 0.3 is 6.03 Å². The average Bonchev–Trinajstić information content (AvgIpc) is 2.74. The maximum atomic E-state index is 13.0. The van der Waals surface area contributed by atoms with E-state index in [0.29, 0.717) is 24.8 Å². The third kappa shape index (κ3) is 3.95. The molecule has 0 radical (unpaired) electrons. The number of methoxy groups -OCH3 is 2. The molecule has 2 aromatic rings. The number of anilines is 2. The molecule has 1 aliphatic rings. The second-order valence-electron chi connectivity index (χ2n) is 6.74. The first kappa shape index (κ1) is 19.7. The number of rotatable bonds is 4. The fourth-order valence-corrected chi connectivity index (χ4v) is 3.19. The van der Waals surface area contributed by atoms with Crippen LogP contribution in [0.2, 0.25) is 0 Å². The van der Waals surface area contributed by atoms with Crippen LogP contribution in [0.25, 0.3) is 0 Å². The number of amides is 2. The summed E-state index contributed by atoms with van der Waals surface area (Å²) in [7, 11) is 4.90.